The van der Waals surface area contributed by atoms with E-state index in [-0.39, 0.29) is 0 Å². The molecule has 6 nitrogen and oxygen atoms in total. The van der Waals surface area contributed by atoms with Crippen molar-refractivity contribution in [2.45, 2.75) is 39.7 Å². The summed E-state index contributed by atoms with van der Waals surface area (Å²) < 4.78 is 1.90. The highest BCUT2D eigenvalue weighted by Crippen LogP contribution is 2.18. The van der Waals surface area contributed by atoms with Crippen molar-refractivity contribution in [3.63, 3.8) is 0 Å². The predicted molar refractivity (Wildman–Crippen MR) is 119 cm³/mol. The van der Waals surface area contributed by atoms with Crippen molar-refractivity contribution in [3.05, 3.63) is 47.3 Å². The van der Waals surface area contributed by atoms with Gasteiger partial charge in [-0.3, -0.25) is 9.67 Å². The summed E-state index contributed by atoms with van der Waals surface area (Å²) in [5.41, 5.74) is 4.94. The number of hydrogen-bond acceptors (Lipinski definition) is 3. The van der Waals surface area contributed by atoms with Crippen molar-refractivity contribution in [2.75, 3.05) is 39.1 Å². The Morgan fingerprint density at radius 3 is 2.43 bits per heavy atom. The summed E-state index contributed by atoms with van der Waals surface area (Å²) in [6.45, 7) is 8.89. The van der Waals surface area contributed by atoms with Crippen LogP contribution in [0.2, 0.25) is 0 Å². The van der Waals surface area contributed by atoms with Gasteiger partial charge in [0.2, 0.25) is 0 Å². The number of nitrogens with zero attached hydrogens (tertiary/aromatic N) is 5. The fourth-order valence-corrected chi connectivity index (χ4v) is 3.21. The minimum absolute atomic E-state index is 0.411. The maximum absolute atomic E-state index is 4.84. The Morgan fingerprint density at radius 2 is 1.86 bits per heavy atom. The zero-order valence-electron chi connectivity index (χ0n) is 18.5. The van der Waals surface area contributed by atoms with Gasteiger partial charge in [0.25, 0.3) is 0 Å². The number of aryl methyl sites for hydroxylation is 1. The number of hydrogen-bond donors (Lipinski definition) is 1. The van der Waals surface area contributed by atoms with E-state index >= 15 is 0 Å². The van der Waals surface area contributed by atoms with Crippen molar-refractivity contribution < 1.29 is 0 Å². The van der Waals surface area contributed by atoms with Gasteiger partial charge in [-0.25, -0.2) is 0 Å². The lowest BCUT2D eigenvalue weighted by Crippen LogP contribution is -2.38. The Bertz CT molecular complexity index is 758. The van der Waals surface area contributed by atoms with Crippen molar-refractivity contribution in [3.8, 4) is 0 Å². The maximum atomic E-state index is 4.84. The average Bonchev–Trinajstić information content (AvgIpc) is 3.01. The molecule has 154 valence electrons. The van der Waals surface area contributed by atoms with E-state index in [0.29, 0.717) is 5.92 Å². The molecule has 0 bridgehead atoms. The van der Waals surface area contributed by atoms with Crippen LogP contribution in [0.4, 0.5) is 5.69 Å². The third-order valence-electron chi connectivity index (χ3n) is 4.70. The van der Waals surface area contributed by atoms with E-state index < -0.39 is 0 Å². The second-order valence-corrected chi connectivity index (χ2v) is 7.77. The topological polar surface area (TPSA) is 48.7 Å². The first-order valence-corrected chi connectivity index (χ1v) is 10.1. The lowest BCUT2D eigenvalue weighted by Gasteiger charge is -2.22. The molecule has 1 aromatic heterocycles. The minimum Gasteiger partial charge on any atom is -0.378 e. The third-order valence-corrected chi connectivity index (χ3v) is 4.70. The molecule has 0 fully saturated rings. The second-order valence-electron chi connectivity index (χ2n) is 7.77. The van der Waals surface area contributed by atoms with Gasteiger partial charge < -0.3 is 15.1 Å². The Balaban J connectivity index is 2.02. The van der Waals surface area contributed by atoms with Crippen molar-refractivity contribution >= 4 is 11.6 Å². The molecule has 0 radical (unpaired) electrons. The first kappa shape index (κ1) is 21.8. The van der Waals surface area contributed by atoms with E-state index in [4.69, 9.17) is 4.99 Å². The van der Waals surface area contributed by atoms with E-state index in [9.17, 15) is 0 Å². The Kier molecular flexibility index (Phi) is 7.91. The number of aliphatic imine (C=N–C) groups is 1. The molecule has 0 spiro atoms. The van der Waals surface area contributed by atoms with E-state index in [1.807, 2.05) is 11.7 Å². The Morgan fingerprint density at radius 1 is 1.18 bits per heavy atom. The number of aromatic nitrogens is 2. The summed E-state index contributed by atoms with van der Waals surface area (Å²) in [6, 6.07) is 8.69. The Labute approximate surface area is 170 Å². The van der Waals surface area contributed by atoms with Gasteiger partial charge in [-0.15, -0.1) is 0 Å². The van der Waals surface area contributed by atoms with Crippen LogP contribution >= 0.6 is 0 Å². The molecule has 0 aliphatic heterocycles. The van der Waals surface area contributed by atoms with Crippen molar-refractivity contribution in [2.24, 2.45) is 12.0 Å². The van der Waals surface area contributed by atoms with Gasteiger partial charge in [-0.1, -0.05) is 26.0 Å². The van der Waals surface area contributed by atoms with E-state index in [1.165, 1.54) is 16.8 Å². The normalized spacial score (nSPS) is 11.8. The van der Waals surface area contributed by atoms with Crippen LogP contribution in [0.5, 0.6) is 0 Å². The quantitative estimate of drug-likeness (QED) is 0.561. The molecule has 6 heteroatoms. The molecule has 2 rings (SSSR count). The first-order chi connectivity index (χ1) is 13.3. The summed E-state index contributed by atoms with van der Waals surface area (Å²) >= 11 is 0. The minimum atomic E-state index is 0.411. The van der Waals surface area contributed by atoms with Crippen LogP contribution in [0.25, 0.3) is 0 Å². The van der Waals surface area contributed by atoms with Gasteiger partial charge in [0.05, 0.1) is 5.69 Å². The zero-order valence-corrected chi connectivity index (χ0v) is 18.5. The zero-order chi connectivity index (χ0) is 20.7. The molecule has 0 aliphatic rings. The molecular weight excluding hydrogens is 348 g/mol. The predicted octanol–water partition coefficient (Wildman–Crippen LogP) is 3.25. The summed E-state index contributed by atoms with van der Waals surface area (Å²) in [6.07, 6.45) is 3.04. The second kappa shape index (κ2) is 10.2. The number of anilines is 1. The fraction of sp³-hybridized carbons (Fsp3) is 0.545. The van der Waals surface area contributed by atoms with Gasteiger partial charge in [-0.2, -0.15) is 5.10 Å². The average molecular weight is 385 g/mol. The van der Waals surface area contributed by atoms with Crippen molar-refractivity contribution in [1.29, 1.82) is 0 Å². The standard InChI is InChI=1S/C22H36N6/c1-8-23-22(24-14-13-18-9-11-20(12-10-18)26(4)5)27(6)15-19-16-28(7)25-21(19)17(2)3/h9-12,16-17H,8,13-15H2,1-7H3,(H,23,24). The molecule has 1 aromatic carbocycles. The molecule has 1 N–H and O–H groups in total. The largest absolute Gasteiger partial charge is 0.378 e. The number of rotatable bonds is 8. The van der Waals surface area contributed by atoms with Gasteiger partial charge in [0.15, 0.2) is 5.96 Å². The molecule has 0 saturated heterocycles. The van der Waals surface area contributed by atoms with Gasteiger partial charge in [0.1, 0.15) is 0 Å². The van der Waals surface area contributed by atoms with Crippen LogP contribution in [-0.4, -0.2) is 54.9 Å². The molecule has 0 unspecified atom stereocenters. The Hall–Kier alpha value is -2.50. The maximum Gasteiger partial charge on any atom is 0.193 e. The van der Waals surface area contributed by atoms with E-state index in [2.05, 4.69) is 92.6 Å². The van der Waals surface area contributed by atoms with E-state index in [0.717, 1.165) is 37.7 Å². The number of benzene rings is 1. The van der Waals surface area contributed by atoms with Gasteiger partial charge in [-0.05, 0) is 37.0 Å². The molecular formula is C22H36N6. The highest BCUT2D eigenvalue weighted by Gasteiger charge is 2.15. The van der Waals surface area contributed by atoms with Crippen LogP contribution in [0.1, 0.15) is 43.5 Å². The summed E-state index contributed by atoms with van der Waals surface area (Å²) in [4.78, 5) is 9.13. The summed E-state index contributed by atoms with van der Waals surface area (Å²) in [7, 11) is 8.19. The van der Waals surface area contributed by atoms with Gasteiger partial charge in [0, 0.05) is 65.3 Å². The monoisotopic (exact) mass is 384 g/mol. The van der Waals surface area contributed by atoms with Crippen LogP contribution < -0.4 is 10.2 Å². The third kappa shape index (κ3) is 6.01. The van der Waals surface area contributed by atoms with Crippen LogP contribution in [0.15, 0.2) is 35.5 Å². The van der Waals surface area contributed by atoms with Crippen LogP contribution in [-0.2, 0) is 20.0 Å². The molecule has 28 heavy (non-hydrogen) atoms. The molecule has 1 heterocycles. The molecule has 0 atom stereocenters. The SMILES string of the molecule is CCNC(=NCCc1ccc(N(C)C)cc1)N(C)Cc1cn(C)nc1C(C)C. The molecule has 0 saturated carbocycles. The van der Waals surface area contributed by atoms with Crippen LogP contribution in [0.3, 0.4) is 0 Å². The smallest absolute Gasteiger partial charge is 0.193 e. The lowest BCUT2D eigenvalue weighted by molar-refractivity contribution is 0.473. The highest BCUT2D eigenvalue weighted by atomic mass is 15.3. The van der Waals surface area contributed by atoms with Gasteiger partial charge >= 0.3 is 0 Å². The highest BCUT2D eigenvalue weighted by molar-refractivity contribution is 5.79. The first-order valence-electron chi connectivity index (χ1n) is 10.1. The molecule has 0 amide bonds. The molecule has 0 aliphatic carbocycles. The van der Waals surface area contributed by atoms with Crippen LogP contribution in [0, 0.1) is 0 Å². The summed E-state index contributed by atoms with van der Waals surface area (Å²) in [5.74, 6) is 1.35. The number of guanidine groups is 1. The molecule has 2 aromatic rings. The fourth-order valence-electron chi connectivity index (χ4n) is 3.21. The lowest BCUT2D eigenvalue weighted by atomic mass is 10.1. The van der Waals surface area contributed by atoms with E-state index in [1.54, 1.807) is 0 Å². The van der Waals surface area contributed by atoms with Crippen molar-refractivity contribution in [1.82, 2.24) is 20.0 Å². The summed E-state index contributed by atoms with van der Waals surface area (Å²) in [5, 5.41) is 8.03. The number of nitrogens with one attached hydrogen (secondary N) is 1.